The van der Waals surface area contributed by atoms with Crippen molar-refractivity contribution >= 4 is 11.6 Å². The standard InChI is InChI=1S/C19H15N5O/c1-12-4-2-6-15(23-12)18-14(5-3-9-21-18)13-7-8-17-22-10-16(19(20)25)24(17)11-13/h2-11H,1H3,(H2,20,25). The SMILES string of the molecule is Cc1cccc(-c2ncccc2-c2ccc3ncc(C(N)=O)n3c2)n1. The zero-order chi connectivity index (χ0) is 17.4. The van der Waals surface area contributed by atoms with Gasteiger partial charge in [0.05, 0.1) is 17.6 Å². The lowest BCUT2D eigenvalue weighted by Crippen LogP contribution is -2.13. The molecule has 0 fully saturated rings. The van der Waals surface area contributed by atoms with Gasteiger partial charge in [-0.1, -0.05) is 12.1 Å². The molecule has 4 heterocycles. The first-order valence-electron chi connectivity index (χ1n) is 7.80. The highest BCUT2D eigenvalue weighted by molar-refractivity contribution is 5.92. The van der Waals surface area contributed by atoms with E-state index in [2.05, 4.69) is 15.0 Å². The number of carbonyl (C=O) groups excluding carboxylic acids is 1. The number of hydrogen-bond acceptors (Lipinski definition) is 4. The molecule has 2 N–H and O–H groups in total. The van der Waals surface area contributed by atoms with Crippen LogP contribution in [0.15, 0.2) is 61.1 Å². The van der Waals surface area contributed by atoms with Crippen LogP contribution < -0.4 is 5.73 Å². The molecule has 0 radical (unpaired) electrons. The summed E-state index contributed by atoms with van der Waals surface area (Å²) in [5, 5.41) is 0. The van der Waals surface area contributed by atoms with Crippen LogP contribution >= 0.6 is 0 Å². The van der Waals surface area contributed by atoms with Gasteiger partial charge >= 0.3 is 0 Å². The van der Waals surface area contributed by atoms with Crippen LogP contribution in [0.1, 0.15) is 16.2 Å². The fourth-order valence-electron chi connectivity index (χ4n) is 2.84. The van der Waals surface area contributed by atoms with Crippen molar-refractivity contribution in [2.24, 2.45) is 5.73 Å². The number of aryl methyl sites for hydroxylation is 1. The zero-order valence-corrected chi connectivity index (χ0v) is 13.5. The number of pyridine rings is 3. The van der Waals surface area contributed by atoms with Crippen molar-refractivity contribution in [3.63, 3.8) is 0 Å². The number of fused-ring (bicyclic) bond motifs is 1. The van der Waals surface area contributed by atoms with E-state index in [4.69, 9.17) is 5.73 Å². The van der Waals surface area contributed by atoms with Gasteiger partial charge in [-0.25, -0.2) is 4.98 Å². The van der Waals surface area contributed by atoms with E-state index in [-0.39, 0.29) is 0 Å². The molecule has 0 saturated heterocycles. The molecular formula is C19H15N5O. The predicted molar refractivity (Wildman–Crippen MR) is 94.9 cm³/mol. The van der Waals surface area contributed by atoms with E-state index >= 15 is 0 Å². The first-order valence-corrected chi connectivity index (χ1v) is 7.80. The first kappa shape index (κ1) is 15.0. The minimum Gasteiger partial charge on any atom is -0.364 e. The molecular weight excluding hydrogens is 314 g/mol. The normalized spacial score (nSPS) is 10.9. The van der Waals surface area contributed by atoms with E-state index in [1.165, 1.54) is 6.20 Å². The van der Waals surface area contributed by atoms with Crippen LogP contribution in [0.5, 0.6) is 0 Å². The average Bonchev–Trinajstić information content (AvgIpc) is 3.05. The second-order valence-electron chi connectivity index (χ2n) is 5.72. The van der Waals surface area contributed by atoms with Crippen molar-refractivity contribution < 1.29 is 4.79 Å². The van der Waals surface area contributed by atoms with Gasteiger partial charge in [0.2, 0.25) is 0 Å². The molecule has 0 spiro atoms. The molecule has 4 aromatic heterocycles. The quantitative estimate of drug-likeness (QED) is 0.626. The fraction of sp³-hybridized carbons (Fsp3) is 0.0526. The molecule has 0 bridgehead atoms. The summed E-state index contributed by atoms with van der Waals surface area (Å²) >= 11 is 0. The van der Waals surface area contributed by atoms with Crippen molar-refractivity contribution in [2.45, 2.75) is 6.92 Å². The van der Waals surface area contributed by atoms with E-state index in [0.29, 0.717) is 11.3 Å². The van der Waals surface area contributed by atoms with Crippen molar-refractivity contribution in [1.82, 2.24) is 19.4 Å². The summed E-state index contributed by atoms with van der Waals surface area (Å²) in [6.45, 7) is 1.95. The van der Waals surface area contributed by atoms with Crippen LogP contribution in [-0.4, -0.2) is 25.3 Å². The second kappa shape index (κ2) is 5.83. The van der Waals surface area contributed by atoms with Gasteiger partial charge in [0.1, 0.15) is 11.3 Å². The Labute approximate surface area is 144 Å². The number of aromatic nitrogens is 4. The van der Waals surface area contributed by atoms with Crippen LogP contribution in [0.2, 0.25) is 0 Å². The van der Waals surface area contributed by atoms with Gasteiger partial charge in [-0.05, 0) is 37.3 Å². The number of nitrogens with two attached hydrogens (primary N) is 1. The third kappa shape index (κ3) is 2.63. The van der Waals surface area contributed by atoms with Gasteiger partial charge in [0.25, 0.3) is 5.91 Å². The maximum Gasteiger partial charge on any atom is 0.267 e. The molecule has 0 saturated carbocycles. The number of carbonyl (C=O) groups is 1. The molecule has 1 amide bonds. The monoisotopic (exact) mass is 329 g/mol. The smallest absolute Gasteiger partial charge is 0.267 e. The largest absolute Gasteiger partial charge is 0.364 e. The van der Waals surface area contributed by atoms with Gasteiger partial charge in [0.15, 0.2) is 0 Å². The Morgan fingerprint density at radius 2 is 1.96 bits per heavy atom. The summed E-state index contributed by atoms with van der Waals surface area (Å²) in [4.78, 5) is 24.9. The molecule has 0 aromatic carbocycles. The molecule has 0 atom stereocenters. The molecule has 0 aliphatic rings. The van der Waals surface area contributed by atoms with Crippen molar-refractivity contribution in [1.29, 1.82) is 0 Å². The Morgan fingerprint density at radius 3 is 2.76 bits per heavy atom. The van der Waals surface area contributed by atoms with Gasteiger partial charge < -0.3 is 5.73 Å². The fourth-order valence-corrected chi connectivity index (χ4v) is 2.84. The molecule has 25 heavy (non-hydrogen) atoms. The molecule has 4 rings (SSSR count). The number of primary amides is 1. The first-order chi connectivity index (χ1) is 12.1. The summed E-state index contributed by atoms with van der Waals surface area (Å²) in [5.41, 5.74) is 10.8. The molecule has 0 unspecified atom stereocenters. The topological polar surface area (TPSA) is 86.2 Å². The Morgan fingerprint density at radius 1 is 1.08 bits per heavy atom. The third-order valence-corrected chi connectivity index (χ3v) is 4.01. The zero-order valence-electron chi connectivity index (χ0n) is 13.5. The van der Waals surface area contributed by atoms with Crippen molar-refractivity contribution in [3.05, 3.63) is 72.4 Å². The van der Waals surface area contributed by atoms with Gasteiger partial charge in [-0.2, -0.15) is 0 Å². The number of imidazole rings is 1. The van der Waals surface area contributed by atoms with Gasteiger partial charge in [-0.15, -0.1) is 0 Å². The number of amides is 1. The molecule has 6 nitrogen and oxygen atoms in total. The maximum atomic E-state index is 11.6. The number of rotatable bonds is 3. The van der Waals surface area contributed by atoms with Crippen molar-refractivity contribution in [3.8, 4) is 22.5 Å². The highest BCUT2D eigenvalue weighted by Gasteiger charge is 2.13. The summed E-state index contributed by atoms with van der Waals surface area (Å²) in [6, 6.07) is 13.5. The van der Waals surface area contributed by atoms with Gasteiger partial charge in [-0.3, -0.25) is 19.2 Å². The Hall–Kier alpha value is -3.54. The lowest BCUT2D eigenvalue weighted by Gasteiger charge is -2.10. The summed E-state index contributed by atoms with van der Waals surface area (Å²) in [7, 11) is 0. The molecule has 4 aromatic rings. The Balaban J connectivity index is 1.92. The van der Waals surface area contributed by atoms with Crippen LogP contribution in [0.3, 0.4) is 0 Å². The van der Waals surface area contributed by atoms with Crippen LogP contribution in [0.4, 0.5) is 0 Å². The lowest BCUT2D eigenvalue weighted by atomic mass is 10.0. The molecule has 0 aliphatic heterocycles. The number of nitrogens with zero attached hydrogens (tertiary/aromatic N) is 4. The van der Waals surface area contributed by atoms with Crippen LogP contribution in [0, 0.1) is 6.92 Å². The van der Waals surface area contributed by atoms with E-state index in [1.807, 2.05) is 55.6 Å². The van der Waals surface area contributed by atoms with Crippen LogP contribution in [-0.2, 0) is 0 Å². The van der Waals surface area contributed by atoms with Gasteiger partial charge in [0, 0.05) is 29.2 Å². The lowest BCUT2D eigenvalue weighted by molar-refractivity contribution is 0.0995. The van der Waals surface area contributed by atoms with Crippen molar-refractivity contribution in [2.75, 3.05) is 0 Å². The van der Waals surface area contributed by atoms with E-state index in [0.717, 1.165) is 28.2 Å². The third-order valence-electron chi connectivity index (χ3n) is 4.01. The minimum absolute atomic E-state index is 0.343. The molecule has 0 aliphatic carbocycles. The maximum absolute atomic E-state index is 11.6. The molecule has 6 heteroatoms. The van der Waals surface area contributed by atoms with E-state index < -0.39 is 5.91 Å². The summed E-state index contributed by atoms with van der Waals surface area (Å²) in [5.74, 6) is -0.517. The average molecular weight is 329 g/mol. The second-order valence-corrected chi connectivity index (χ2v) is 5.72. The number of hydrogen-bond donors (Lipinski definition) is 1. The summed E-state index contributed by atoms with van der Waals surface area (Å²) < 4.78 is 1.69. The van der Waals surface area contributed by atoms with E-state index in [9.17, 15) is 4.79 Å². The molecule has 122 valence electrons. The van der Waals surface area contributed by atoms with Crippen LogP contribution in [0.25, 0.3) is 28.2 Å². The Bertz CT molecular complexity index is 1100. The predicted octanol–water partition coefficient (Wildman–Crippen LogP) is 2.87. The summed E-state index contributed by atoms with van der Waals surface area (Å²) in [6.07, 6.45) is 5.07. The highest BCUT2D eigenvalue weighted by Crippen LogP contribution is 2.29. The highest BCUT2D eigenvalue weighted by atomic mass is 16.1. The minimum atomic E-state index is -0.517. The van der Waals surface area contributed by atoms with E-state index in [1.54, 1.807) is 10.6 Å². The Kier molecular flexibility index (Phi) is 3.50.